The van der Waals surface area contributed by atoms with E-state index in [2.05, 4.69) is 6.92 Å². The van der Waals surface area contributed by atoms with E-state index < -0.39 is 0 Å². The minimum atomic E-state index is -0.278. The molecule has 0 bridgehead atoms. The van der Waals surface area contributed by atoms with Gasteiger partial charge in [0.15, 0.2) is 5.79 Å². The van der Waals surface area contributed by atoms with E-state index in [0.29, 0.717) is 17.6 Å². The van der Waals surface area contributed by atoms with E-state index in [0.717, 1.165) is 50.2 Å². The first kappa shape index (κ1) is 14.5. The van der Waals surface area contributed by atoms with E-state index in [1.807, 2.05) is 0 Å². The van der Waals surface area contributed by atoms with Gasteiger partial charge in [-0.2, -0.15) is 0 Å². The zero-order valence-corrected chi connectivity index (χ0v) is 14.7. The number of hydrogen-bond donors (Lipinski definition) is 0. The average molecular weight is 328 g/mol. The number of ketones is 1. The van der Waals surface area contributed by atoms with Crippen molar-refractivity contribution in [3.05, 3.63) is 11.1 Å². The number of hydrogen-bond acceptors (Lipinski definition) is 3. The van der Waals surface area contributed by atoms with Gasteiger partial charge in [-0.1, -0.05) is 18.1 Å². The molecule has 6 atom stereocenters. The summed E-state index contributed by atoms with van der Waals surface area (Å²) < 4.78 is 12.0. The molecule has 1 saturated heterocycles. The minimum Gasteiger partial charge on any atom is -0.347 e. The number of rotatable bonds is 0. The third kappa shape index (κ3) is 1.69. The van der Waals surface area contributed by atoms with E-state index in [1.54, 1.807) is 11.1 Å². The molecule has 0 unspecified atom stereocenters. The van der Waals surface area contributed by atoms with Crippen molar-refractivity contribution in [2.75, 3.05) is 13.2 Å². The van der Waals surface area contributed by atoms with Crippen LogP contribution in [0.15, 0.2) is 11.1 Å². The first-order valence-corrected chi connectivity index (χ1v) is 10.1. The highest BCUT2D eigenvalue weighted by Gasteiger charge is 2.69. The molecule has 1 aliphatic heterocycles. The van der Waals surface area contributed by atoms with Crippen LogP contribution in [-0.4, -0.2) is 24.8 Å². The number of allylic oxidation sites excluding steroid dienone is 1. The molecular weight excluding hydrogens is 300 g/mol. The van der Waals surface area contributed by atoms with Gasteiger partial charge in [0.25, 0.3) is 0 Å². The lowest BCUT2D eigenvalue weighted by Crippen LogP contribution is -2.47. The van der Waals surface area contributed by atoms with Gasteiger partial charge in [-0.25, -0.2) is 0 Å². The van der Waals surface area contributed by atoms with Crippen molar-refractivity contribution < 1.29 is 14.3 Å². The molecule has 0 radical (unpaired) electrons. The fraction of sp³-hybridized carbons (Fsp3) is 0.857. The van der Waals surface area contributed by atoms with Gasteiger partial charge in [0.1, 0.15) is 5.78 Å². The van der Waals surface area contributed by atoms with Gasteiger partial charge in [0.2, 0.25) is 0 Å². The van der Waals surface area contributed by atoms with Gasteiger partial charge in [0, 0.05) is 24.2 Å². The topological polar surface area (TPSA) is 35.5 Å². The number of ether oxygens (including phenoxy) is 2. The second kappa shape index (κ2) is 4.54. The van der Waals surface area contributed by atoms with Crippen LogP contribution in [0.4, 0.5) is 0 Å². The van der Waals surface area contributed by atoms with E-state index in [1.165, 1.54) is 32.1 Å². The number of fused-ring (bicyclic) bond motifs is 6. The molecule has 6 rings (SSSR count). The predicted octanol–water partition coefficient (Wildman–Crippen LogP) is 3.87. The van der Waals surface area contributed by atoms with Gasteiger partial charge in [-0.3, -0.25) is 4.79 Å². The van der Waals surface area contributed by atoms with Crippen LogP contribution in [0.1, 0.15) is 58.3 Å². The van der Waals surface area contributed by atoms with Crippen molar-refractivity contribution in [1.29, 1.82) is 0 Å². The van der Waals surface area contributed by atoms with Crippen LogP contribution in [0.5, 0.6) is 0 Å². The molecular formula is C21H28O3. The largest absolute Gasteiger partial charge is 0.347 e. The summed E-state index contributed by atoms with van der Waals surface area (Å²) in [5, 5.41) is 0. The highest BCUT2D eigenvalue weighted by Crippen LogP contribution is 2.70. The Kier molecular flexibility index (Phi) is 2.74. The Morgan fingerprint density at radius 2 is 1.83 bits per heavy atom. The van der Waals surface area contributed by atoms with E-state index in [4.69, 9.17) is 9.47 Å². The number of Topliss-reactive ketones (excluding diaryl/α,β-unsaturated/α-hetero) is 1. The maximum Gasteiger partial charge on any atom is 0.172 e. The van der Waals surface area contributed by atoms with Crippen LogP contribution in [0.25, 0.3) is 0 Å². The van der Waals surface area contributed by atoms with Crippen molar-refractivity contribution in [2.45, 2.75) is 64.1 Å². The Labute approximate surface area is 144 Å². The van der Waals surface area contributed by atoms with Crippen LogP contribution in [0.3, 0.4) is 0 Å². The quantitative estimate of drug-likeness (QED) is 0.633. The first-order chi connectivity index (χ1) is 11.6. The van der Waals surface area contributed by atoms with E-state index in [9.17, 15) is 4.79 Å². The fourth-order valence-electron chi connectivity index (χ4n) is 7.60. The monoisotopic (exact) mass is 328 g/mol. The maximum atomic E-state index is 12.8. The first-order valence-electron chi connectivity index (χ1n) is 10.1. The smallest absolute Gasteiger partial charge is 0.172 e. The summed E-state index contributed by atoms with van der Waals surface area (Å²) >= 11 is 0. The normalized spacial score (nSPS) is 51.2. The Morgan fingerprint density at radius 3 is 2.67 bits per heavy atom. The molecule has 130 valence electrons. The van der Waals surface area contributed by atoms with Gasteiger partial charge in [-0.15, -0.1) is 0 Å². The summed E-state index contributed by atoms with van der Waals surface area (Å²) in [6.45, 7) is 3.84. The molecule has 0 aromatic heterocycles. The number of carbonyl (C=O) groups is 1. The van der Waals surface area contributed by atoms with Gasteiger partial charge < -0.3 is 9.47 Å². The maximum absolute atomic E-state index is 12.8. The Bertz CT molecular complexity index is 643. The zero-order chi connectivity index (χ0) is 16.1. The highest BCUT2D eigenvalue weighted by molar-refractivity contribution is 5.92. The predicted molar refractivity (Wildman–Crippen MR) is 89.2 cm³/mol. The second-order valence-corrected chi connectivity index (χ2v) is 9.57. The summed E-state index contributed by atoms with van der Waals surface area (Å²) in [7, 11) is 0. The summed E-state index contributed by atoms with van der Waals surface area (Å²) in [5.74, 6) is 3.78. The third-order valence-electron chi connectivity index (χ3n) is 8.64. The van der Waals surface area contributed by atoms with Crippen molar-refractivity contribution in [3.8, 4) is 0 Å². The molecule has 5 aliphatic carbocycles. The van der Waals surface area contributed by atoms with Gasteiger partial charge in [-0.05, 0) is 62.2 Å². The van der Waals surface area contributed by atoms with Gasteiger partial charge in [0.05, 0.1) is 13.2 Å². The molecule has 3 heteroatoms. The molecule has 0 N–H and O–H groups in total. The Hall–Kier alpha value is -0.670. The molecule has 3 saturated carbocycles. The molecule has 1 heterocycles. The summed E-state index contributed by atoms with van der Waals surface area (Å²) in [6.07, 6.45) is 9.34. The fourth-order valence-corrected chi connectivity index (χ4v) is 7.60. The average Bonchev–Trinajstić information content (AvgIpc) is 3.18. The van der Waals surface area contributed by atoms with Crippen LogP contribution >= 0.6 is 0 Å². The molecule has 0 amide bonds. The molecule has 6 aliphatic rings. The van der Waals surface area contributed by atoms with Crippen molar-refractivity contribution in [3.63, 3.8) is 0 Å². The second-order valence-electron chi connectivity index (χ2n) is 9.57. The van der Waals surface area contributed by atoms with Crippen LogP contribution in [0, 0.1) is 35.0 Å². The lowest BCUT2D eigenvalue weighted by Gasteiger charge is -2.52. The molecule has 0 aromatic carbocycles. The molecule has 4 fully saturated rings. The summed E-state index contributed by atoms with van der Waals surface area (Å²) in [4.78, 5) is 12.8. The minimum absolute atomic E-state index is 0.0282. The standard InChI is InChI=1S/C21H28O3/c1-20-6-4-14-13-5-7-21(23-8-9-24-21)11-12(13)2-3-15(14)18(20)16-10-17(16)19(20)22/h14-18H,2-11H2,1H3/t14-,15-,16+,17-,18-,20+/m1/s1. The highest BCUT2D eigenvalue weighted by atomic mass is 16.7. The Morgan fingerprint density at radius 1 is 1.00 bits per heavy atom. The van der Waals surface area contributed by atoms with Crippen molar-refractivity contribution in [2.24, 2.45) is 35.0 Å². The van der Waals surface area contributed by atoms with E-state index in [-0.39, 0.29) is 11.2 Å². The van der Waals surface area contributed by atoms with E-state index >= 15 is 0 Å². The van der Waals surface area contributed by atoms with Crippen molar-refractivity contribution >= 4 is 5.78 Å². The molecule has 1 spiro atoms. The van der Waals surface area contributed by atoms with Gasteiger partial charge >= 0.3 is 0 Å². The Balaban J connectivity index is 1.33. The molecule has 3 nitrogen and oxygen atoms in total. The van der Waals surface area contributed by atoms with Crippen molar-refractivity contribution in [1.82, 2.24) is 0 Å². The SMILES string of the molecule is C[C@]12CC[C@@H]3C4=C(CC[C@H]3[C@@H]1[C@H]1C[C@H]1C2=O)CC1(CC4)OCCO1. The summed E-state index contributed by atoms with van der Waals surface area (Å²) in [6, 6.07) is 0. The number of carbonyl (C=O) groups excluding carboxylic acids is 1. The molecule has 0 aromatic rings. The van der Waals surface area contributed by atoms with Crippen LogP contribution in [-0.2, 0) is 14.3 Å². The zero-order valence-electron chi connectivity index (χ0n) is 14.7. The van der Waals surface area contributed by atoms with Crippen LogP contribution < -0.4 is 0 Å². The lowest BCUT2D eigenvalue weighted by atomic mass is 9.53. The third-order valence-corrected chi connectivity index (χ3v) is 8.64. The van der Waals surface area contributed by atoms with Crippen LogP contribution in [0.2, 0.25) is 0 Å². The molecule has 24 heavy (non-hydrogen) atoms. The summed E-state index contributed by atoms with van der Waals surface area (Å²) in [5.41, 5.74) is 3.44. The lowest BCUT2D eigenvalue weighted by molar-refractivity contribution is -0.166.